The Balaban J connectivity index is 3.14. The normalized spacial score (nSPS) is 16.8. The van der Waals surface area contributed by atoms with E-state index in [1.54, 1.807) is 11.3 Å². The summed E-state index contributed by atoms with van der Waals surface area (Å²) < 4.78 is 0. The summed E-state index contributed by atoms with van der Waals surface area (Å²) in [5.41, 5.74) is 4.43. The highest BCUT2D eigenvalue weighted by molar-refractivity contribution is 7.10. The monoisotopic (exact) mass is 269 g/mol. The second-order valence-electron chi connectivity index (χ2n) is 4.95. The van der Waals surface area contributed by atoms with E-state index in [2.05, 4.69) is 56.4 Å². The molecule has 18 heavy (non-hydrogen) atoms. The van der Waals surface area contributed by atoms with Gasteiger partial charge in [0.15, 0.2) is 0 Å². The zero-order chi connectivity index (χ0) is 13.8. The fourth-order valence-corrected chi connectivity index (χ4v) is 3.90. The molecule has 3 N–H and O–H groups in total. The number of nitrogens with one attached hydrogen (secondary N) is 1. The van der Waals surface area contributed by atoms with Gasteiger partial charge >= 0.3 is 0 Å². The van der Waals surface area contributed by atoms with Crippen molar-refractivity contribution >= 4 is 11.3 Å². The fourth-order valence-electron chi connectivity index (χ4n) is 2.77. The number of aryl methyl sites for hydroxylation is 1. The molecule has 0 fully saturated rings. The van der Waals surface area contributed by atoms with Crippen LogP contribution < -0.4 is 11.3 Å². The van der Waals surface area contributed by atoms with Gasteiger partial charge in [0.05, 0.1) is 6.04 Å². The molecule has 0 amide bonds. The zero-order valence-corrected chi connectivity index (χ0v) is 13.1. The Kier molecular flexibility index (Phi) is 5.79. The van der Waals surface area contributed by atoms with E-state index < -0.39 is 0 Å². The molecule has 0 aromatic carbocycles. The molecule has 4 heteroatoms. The Morgan fingerprint density at radius 1 is 1.39 bits per heavy atom. The van der Waals surface area contributed by atoms with Gasteiger partial charge in [-0.25, -0.2) is 0 Å². The highest BCUT2D eigenvalue weighted by Gasteiger charge is 2.38. The van der Waals surface area contributed by atoms with Crippen molar-refractivity contribution in [3.63, 3.8) is 0 Å². The number of nitrogens with two attached hydrogens (primary N) is 1. The quantitative estimate of drug-likeness (QED) is 0.590. The van der Waals surface area contributed by atoms with Gasteiger partial charge in [-0.3, -0.25) is 16.2 Å². The second kappa shape index (κ2) is 6.66. The Morgan fingerprint density at radius 3 is 2.33 bits per heavy atom. The summed E-state index contributed by atoms with van der Waals surface area (Å²) in [5, 5.41) is 2.15. The lowest BCUT2D eigenvalue weighted by atomic mass is 9.85. The van der Waals surface area contributed by atoms with E-state index in [0.717, 1.165) is 19.5 Å². The summed E-state index contributed by atoms with van der Waals surface area (Å²) >= 11 is 1.79. The van der Waals surface area contributed by atoms with Gasteiger partial charge in [-0.05, 0) is 50.4 Å². The lowest BCUT2D eigenvalue weighted by Crippen LogP contribution is -2.55. The van der Waals surface area contributed by atoms with Gasteiger partial charge in [-0.1, -0.05) is 20.8 Å². The molecule has 1 aromatic heterocycles. The average molecular weight is 269 g/mol. The van der Waals surface area contributed by atoms with E-state index in [-0.39, 0.29) is 11.6 Å². The number of nitrogens with zero attached hydrogens (tertiary/aromatic N) is 1. The number of hydrogen-bond acceptors (Lipinski definition) is 4. The molecule has 0 saturated heterocycles. The first kappa shape index (κ1) is 15.6. The van der Waals surface area contributed by atoms with Crippen molar-refractivity contribution in [3.8, 4) is 0 Å². The summed E-state index contributed by atoms with van der Waals surface area (Å²) in [4.78, 5) is 3.85. The number of rotatable bonds is 7. The van der Waals surface area contributed by atoms with E-state index in [1.807, 2.05) is 0 Å². The van der Waals surface area contributed by atoms with Crippen LogP contribution in [-0.4, -0.2) is 23.5 Å². The van der Waals surface area contributed by atoms with Crippen molar-refractivity contribution in [2.75, 3.05) is 13.1 Å². The Bertz CT molecular complexity index is 360. The van der Waals surface area contributed by atoms with Crippen LogP contribution in [0.25, 0.3) is 0 Å². The van der Waals surface area contributed by atoms with Gasteiger partial charge < -0.3 is 0 Å². The lowest BCUT2D eigenvalue weighted by molar-refractivity contribution is 0.0709. The molecular formula is C14H27N3S. The minimum Gasteiger partial charge on any atom is -0.297 e. The van der Waals surface area contributed by atoms with Crippen LogP contribution in [0, 0.1) is 6.92 Å². The van der Waals surface area contributed by atoms with Crippen LogP contribution in [0.5, 0.6) is 0 Å². The van der Waals surface area contributed by atoms with Crippen LogP contribution >= 0.6 is 11.3 Å². The summed E-state index contributed by atoms with van der Waals surface area (Å²) in [6.07, 6.45) is 1.07. The van der Waals surface area contributed by atoms with Crippen LogP contribution in [0.2, 0.25) is 0 Å². The molecule has 0 aliphatic carbocycles. The number of hydrazine groups is 1. The van der Waals surface area contributed by atoms with Gasteiger partial charge in [0.25, 0.3) is 0 Å². The fraction of sp³-hybridized carbons (Fsp3) is 0.714. The Hall–Kier alpha value is -0.420. The standard InChI is InChI=1S/C14H27N3S/c1-6-14(5,17(7-2)8-3)13(16-15)12-11(4)9-10-18-12/h9-10,13,16H,6-8,15H2,1-5H3. The third kappa shape index (κ3) is 2.77. The molecule has 104 valence electrons. The van der Waals surface area contributed by atoms with E-state index >= 15 is 0 Å². The topological polar surface area (TPSA) is 41.3 Å². The van der Waals surface area contributed by atoms with Crippen LogP contribution in [0.1, 0.15) is 50.6 Å². The molecular weight excluding hydrogens is 242 g/mol. The maximum absolute atomic E-state index is 5.87. The van der Waals surface area contributed by atoms with Crippen molar-refractivity contribution < 1.29 is 0 Å². The minimum absolute atomic E-state index is 0.0495. The molecule has 0 saturated carbocycles. The summed E-state index contributed by atoms with van der Waals surface area (Å²) in [6.45, 7) is 13.2. The largest absolute Gasteiger partial charge is 0.297 e. The highest BCUT2D eigenvalue weighted by atomic mass is 32.1. The van der Waals surface area contributed by atoms with E-state index in [4.69, 9.17) is 5.84 Å². The van der Waals surface area contributed by atoms with Crippen molar-refractivity contribution in [1.82, 2.24) is 10.3 Å². The van der Waals surface area contributed by atoms with Crippen molar-refractivity contribution in [2.24, 2.45) is 5.84 Å². The summed E-state index contributed by atoms with van der Waals surface area (Å²) in [5.74, 6) is 5.87. The lowest BCUT2D eigenvalue weighted by Gasteiger charge is -2.45. The molecule has 2 unspecified atom stereocenters. The number of hydrogen-bond donors (Lipinski definition) is 2. The predicted molar refractivity (Wildman–Crippen MR) is 80.7 cm³/mol. The van der Waals surface area contributed by atoms with Crippen molar-refractivity contribution in [1.29, 1.82) is 0 Å². The summed E-state index contributed by atoms with van der Waals surface area (Å²) in [6, 6.07) is 2.35. The molecule has 0 aliphatic rings. The molecule has 0 aliphatic heterocycles. The summed E-state index contributed by atoms with van der Waals surface area (Å²) in [7, 11) is 0. The Morgan fingerprint density at radius 2 is 2.00 bits per heavy atom. The van der Waals surface area contributed by atoms with Crippen LogP contribution in [-0.2, 0) is 0 Å². The third-order valence-electron chi connectivity index (χ3n) is 4.15. The van der Waals surface area contributed by atoms with Crippen LogP contribution in [0.3, 0.4) is 0 Å². The molecule has 2 atom stereocenters. The zero-order valence-electron chi connectivity index (χ0n) is 12.3. The number of thiophene rings is 1. The predicted octanol–water partition coefficient (Wildman–Crippen LogP) is 3.07. The minimum atomic E-state index is 0.0495. The average Bonchev–Trinajstić information content (AvgIpc) is 2.78. The van der Waals surface area contributed by atoms with E-state index in [9.17, 15) is 0 Å². The molecule has 0 spiro atoms. The molecule has 0 bridgehead atoms. The molecule has 1 rings (SSSR count). The van der Waals surface area contributed by atoms with Gasteiger partial charge in [0.2, 0.25) is 0 Å². The second-order valence-corrected chi connectivity index (χ2v) is 5.90. The van der Waals surface area contributed by atoms with Gasteiger partial charge in [0.1, 0.15) is 0 Å². The van der Waals surface area contributed by atoms with Gasteiger partial charge in [0, 0.05) is 10.4 Å². The van der Waals surface area contributed by atoms with E-state index in [0.29, 0.717) is 0 Å². The smallest absolute Gasteiger partial charge is 0.0736 e. The molecule has 3 nitrogen and oxygen atoms in total. The van der Waals surface area contributed by atoms with Gasteiger partial charge in [-0.2, -0.15) is 0 Å². The number of likely N-dealkylation sites (N-methyl/N-ethyl adjacent to an activating group) is 1. The van der Waals surface area contributed by atoms with Crippen LogP contribution in [0.15, 0.2) is 11.4 Å². The van der Waals surface area contributed by atoms with E-state index in [1.165, 1.54) is 10.4 Å². The maximum Gasteiger partial charge on any atom is 0.0736 e. The SMILES string of the molecule is CCN(CC)C(C)(CC)C(NN)c1sccc1C. The highest BCUT2D eigenvalue weighted by Crippen LogP contribution is 2.37. The van der Waals surface area contributed by atoms with Crippen LogP contribution in [0.4, 0.5) is 0 Å². The van der Waals surface area contributed by atoms with Crippen molar-refractivity contribution in [2.45, 2.75) is 52.6 Å². The van der Waals surface area contributed by atoms with Gasteiger partial charge in [-0.15, -0.1) is 11.3 Å². The maximum atomic E-state index is 5.87. The molecule has 1 heterocycles. The molecule has 1 aromatic rings. The first-order chi connectivity index (χ1) is 8.54. The first-order valence-electron chi connectivity index (χ1n) is 6.80. The molecule has 0 radical (unpaired) electrons. The first-order valence-corrected chi connectivity index (χ1v) is 7.68. The Labute approximate surface area is 115 Å². The van der Waals surface area contributed by atoms with Crippen molar-refractivity contribution in [3.05, 3.63) is 21.9 Å². The third-order valence-corrected chi connectivity index (χ3v) is 5.24.